The fraction of sp³-hybridized carbons (Fsp3) is 1.00. The number of hydrogen-bond donors (Lipinski definition) is 2. The van der Waals surface area contributed by atoms with E-state index < -0.39 is 5.97 Å². The van der Waals surface area contributed by atoms with E-state index in [2.05, 4.69) is 4.74 Å². The number of halogens is 1. The Hall–Kier alpha value is 0.170. The number of rotatable bonds is 3. The SMILES string of the molecule is CCOC(O)(O)CCl. The van der Waals surface area contributed by atoms with Gasteiger partial charge in [-0.05, 0) is 6.92 Å². The molecule has 0 aliphatic heterocycles. The van der Waals surface area contributed by atoms with E-state index in [0.717, 1.165) is 0 Å². The van der Waals surface area contributed by atoms with E-state index in [1.807, 2.05) is 0 Å². The molecule has 0 aromatic heterocycles. The highest BCUT2D eigenvalue weighted by Gasteiger charge is 2.20. The number of aliphatic hydroxyl groups is 2. The molecule has 0 aliphatic rings. The van der Waals surface area contributed by atoms with E-state index in [0.29, 0.717) is 0 Å². The lowest BCUT2D eigenvalue weighted by Crippen LogP contribution is -2.33. The van der Waals surface area contributed by atoms with Crippen molar-refractivity contribution in [3.63, 3.8) is 0 Å². The first kappa shape index (κ1) is 8.17. The van der Waals surface area contributed by atoms with Crippen LogP contribution in [0.3, 0.4) is 0 Å². The van der Waals surface area contributed by atoms with Crippen molar-refractivity contribution in [1.82, 2.24) is 0 Å². The normalized spacial score (nSPS) is 12.0. The van der Waals surface area contributed by atoms with E-state index in [1.54, 1.807) is 6.92 Å². The maximum Gasteiger partial charge on any atom is 0.292 e. The highest BCUT2D eigenvalue weighted by molar-refractivity contribution is 6.18. The Morgan fingerprint density at radius 2 is 2.12 bits per heavy atom. The topological polar surface area (TPSA) is 49.7 Å². The zero-order valence-electron chi connectivity index (χ0n) is 4.59. The predicted octanol–water partition coefficient (Wildman–Crippen LogP) is -0.0999. The lowest BCUT2D eigenvalue weighted by atomic mass is 10.6. The Bertz CT molecular complexity index is 64.3. The van der Waals surface area contributed by atoms with Crippen LogP contribution in [-0.2, 0) is 4.74 Å². The van der Waals surface area contributed by atoms with Crippen LogP contribution in [0.1, 0.15) is 6.92 Å². The van der Waals surface area contributed by atoms with Gasteiger partial charge in [0.15, 0.2) is 0 Å². The number of hydrogen-bond acceptors (Lipinski definition) is 3. The van der Waals surface area contributed by atoms with Gasteiger partial charge in [0, 0.05) is 6.61 Å². The van der Waals surface area contributed by atoms with Gasteiger partial charge >= 0.3 is 0 Å². The summed E-state index contributed by atoms with van der Waals surface area (Å²) in [6, 6.07) is 0. The van der Waals surface area contributed by atoms with Gasteiger partial charge in [-0.1, -0.05) is 0 Å². The van der Waals surface area contributed by atoms with Crippen molar-refractivity contribution in [1.29, 1.82) is 0 Å². The third-order valence-electron chi connectivity index (χ3n) is 0.550. The maximum absolute atomic E-state index is 8.52. The minimum Gasteiger partial charge on any atom is -0.343 e. The molecule has 3 nitrogen and oxygen atoms in total. The van der Waals surface area contributed by atoms with Crippen LogP contribution in [0.2, 0.25) is 0 Å². The van der Waals surface area contributed by atoms with Crippen LogP contribution in [0, 0.1) is 0 Å². The lowest BCUT2D eigenvalue weighted by molar-refractivity contribution is -0.320. The monoisotopic (exact) mass is 140 g/mol. The van der Waals surface area contributed by atoms with Crippen LogP contribution < -0.4 is 0 Å². The van der Waals surface area contributed by atoms with Crippen molar-refractivity contribution in [3.05, 3.63) is 0 Å². The fourth-order valence-corrected chi connectivity index (χ4v) is 0.347. The minimum atomic E-state index is -2.14. The zero-order valence-corrected chi connectivity index (χ0v) is 5.35. The van der Waals surface area contributed by atoms with Crippen LogP contribution in [0.4, 0.5) is 0 Å². The van der Waals surface area contributed by atoms with Crippen molar-refractivity contribution in [2.45, 2.75) is 12.9 Å². The second-order valence-corrected chi connectivity index (χ2v) is 1.58. The molecule has 0 aromatic rings. The van der Waals surface area contributed by atoms with Gasteiger partial charge in [0.2, 0.25) is 0 Å². The van der Waals surface area contributed by atoms with Crippen LogP contribution in [0.15, 0.2) is 0 Å². The molecule has 0 radical (unpaired) electrons. The summed E-state index contributed by atoms with van der Waals surface area (Å²) in [5.74, 6) is -2.48. The summed E-state index contributed by atoms with van der Waals surface area (Å²) in [5.41, 5.74) is 0. The first-order chi connectivity index (χ1) is 3.62. The molecule has 0 saturated carbocycles. The Morgan fingerprint density at radius 1 is 1.62 bits per heavy atom. The molecule has 0 aromatic carbocycles. The summed E-state index contributed by atoms with van der Waals surface area (Å²) in [6.45, 7) is 1.88. The molecular weight excluding hydrogens is 131 g/mol. The average Bonchev–Trinajstić information content (AvgIpc) is 1.67. The summed E-state index contributed by atoms with van der Waals surface area (Å²) >= 11 is 5.05. The fourth-order valence-electron chi connectivity index (χ4n) is 0.270. The van der Waals surface area contributed by atoms with Crippen LogP contribution >= 0.6 is 11.6 Å². The van der Waals surface area contributed by atoms with Gasteiger partial charge in [0.05, 0.1) is 0 Å². The second kappa shape index (κ2) is 3.25. The quantitative estimate of drug-likeness (QED) is 0.425. The van der Waals surface area contributed by atoms with Crippen molar-refractivity contribution < 1.29 is 14.9 Å². The molecule has 4 heteroatoms. The highest BCUT2D eigenvalue weighted by Crippen LogP contribution is 2.02. The van der Waals surface area contributed by atoms with Crippen LogP contribution in [0.5, 0.6) is 0 Å². The van der Waals surface area contributed by atoms with E-state index >= 15 is 0 Å². The molecule has 0 heterocycles. The van der Waals surface area contributed by atoms with E-state index in [1.165, 1.54) is 0 Å². The Balaban J connectivity index is 3.37. The van der Waals surface area contributed by atoms with E-state index in [4.69, 9.17) is 21.8 Å². The standard InChI is InChI=1S/C4H9ClO3/c1-2-8-4(6,7)3-5/h6-7H,2-3H2,1H3. The molecular formula is C4H9ClO3. The Labute approximate surface area is 52.8 Å². The van der Waals surface area contributed by atoms with Gasteiger partial charge in [-0.15, -0.1) is 11.6 Å². The molecule has 0 aliphatic carbocycles. The van der Waals surface area contributed by atoms with Crippen LogP contribution in [-0.4, -0.2) is 28.7 Å². The maximum atomic E-state index is 8.52. The second-order valence-electron chi connectivity index (χ2n) is 1.31. The summed E-state index contributed by atoms with van der Waals surface area (Å²) in [4.78, 5) is 0. The lowest BCUT2D eigenvalue weighted by Gasteiger charge is -2.16. The number of ether oxygens (including phenoxy) is 1. The first-order valence-electron chi connectivity index (χ1n) is 2.27. The third kappa shape index (κ3) is 3.21. The van der Waals surface area contributed by atoms with Crippen molar-refractivity contribution in [2.24, 2.45) is 0 Å². The number of alkyl halides is 1. The smallest absolute Gasteiger partial charge is 0.292 e. The molecule has 0 rings (SSSR count). The molecule has 0 atom stereocenters. The summed E-state index contributed by atoms with van der Waals surface area (Å²) in [5, 5.41) is 17.0. The Kier molecular flexibility index (Phi) is 3.31. The van der Waals surface area contributed by atoms with Gasteiger partial charge in [0.1, 0.15) is 5.88 Å². The van der Waals surface area contributed by atoms with Gasteiger partial charge in [0.25, 0.3) is 5.97 Å². The molecule has 0 unspecified atom stereocenters. The minimum absolute atomic E-state index is 0.236. The van der Waals surface area contributed by atoms with Gasteiger partial charge in [-0.2, -0.15) is 0 Å². The highest BCUT2D eigenvalue weighted by atomic mass is 35.5. The van der Waals surface area contributed by atoms with Crippen molar-refractivity contribution in [2.75, 3.05) is 12.5 Å². The van der Waals surface area contributed by atoms with Gasteiger partial charge in [-0.3, -0.25) is 0 Å². The molecule has 50 valence electrons. The largest absolute Gasteiger partial charge is 0.343 e. The van der Waals surface area contributed by atoms with Gasteiger partial charge < -0.3 is 14.9 Å². The van der Waals surface area contributed by atoms with Crippen LogP contribution in [0.25, 0.3) is 0 Å². The molecule has 0 spiro atoms. The molecule has 8 heavy (non-hydrogen) atoms. The van der Waals surface area contributed by atoms with E-state index in [-0.39, 0.29) is 12.5 Å². The molecule has 2 N–H and O–H groups in total. The summed E-state index contributed by atoms with van der Waals surface area (Å²) in [6.07, 6.45) is 0. The van der Waals surface area contributed by atoms with Crippen molar-refractivity contribution in [3.8, 4) is 0 Å². The molecule has 0 amide bonds. The Morgan fingerprint density at radius 3 is 2.25 bits per heavy atom. The summed E-state index contributed by atoms with van der Waals surface area (Å²) < 4.78 is 4.36. The molecule has 0 fully saturated rings. The van der Waals surface area contributed by atoms with Gasteiger partial charge in [-0.25, -0.2) is 0 Å². The zero-order chi connectivity index (χ0) is 6.62. The molecule has 0 saturated heterocycles. The third-order valence-corrected chi connectivity index (χ3v) is 0.898. The first-order valence-corrected chi connectivity index (χ1v) is 2.80. The molecule has 0 bridgehead atoms. The average molecular weight is 141 g/mol. The predicted molar refractivity (Wildman–Crippen MR) is 29.5 cm³/mol. The summed E-state index contributed by atoms with van der Waals surface area (Å²) in [7, 11) is 0. The van der Waals surface area contributed by atoms with E-state index in [9.17, 15) is 0 Å². The van der Waals surface area contributed by atoms with Crippen molar-refractivity contribution >= 4 is 11.6 Å².